The number of hydrogen-bond acceptors (Lipinski definition) is 3. The number of hydrogen-bond donors (Lipinski definition) is 1. The van der Waals surface area contributed by atoms with E-state index in [1.165, 1.54) is 0 Å². The predicted octanol–water partition coefficient (Wildman–Crippen LogP) is 3.62. The largest absolute Gasteiger partial charge is 0.507 e. The smallest absolute Gasteiger partial charge is 0.184 e. The third-order valence-corrected chi connectivity index (χ3v) is 2.82. The molecule has 0 saturated heterocycles. The van der Waals surface area contributed by atoms with Crippen molar-refractivity contribution in [3.05, 3.63) is 42.0 Å². The van der Waals surface area contributed by atoms with Crippen LogP contribution in [0.2, 0.25) is 0 Å². The molecule has 2 aromatic carbocycles. The second-order valence-corrected chi connectivity index (χ2v) is 3.96. The van der Waals surface area contributed by atoms with Gasteiger partial charge in [0.05, 0.1) is 0 Å². The molecule has 3 nitrogen and oxygen atoms in total. The van der Waals surface area contributed by atoms with E-state index >= 15 is 0 Å². The van der Waals surface area contributed by atoms with Gasteiger partial charge in [0.2, 0.25) is 0 Å². The molecular weight excluding hydrogens is 228 g/mol. The van der Waals surface area contributed by atoms with Crippen molar-refractivity contribution in [2.75, 3.05) is 13.2 Å². The third-order valence-electron chi connectivity index (χ3n) is 2.82. The Bertz CT molecular complexity index is 516. The molecule has 96 valence electrons. The summed E-state index contributed by atoms with van der Waals surface area (Å²) in [6.45, 7) is 5.04. The zero-order valence-electron chi connectivity index (χ0n) is 10.7. The van der Waals surface area contributed by atoms with Crippen molar-refractivity contribution >= 4 is 10.8 Å². The summed E-state index contributed by atoms with van der Waals surface area (Å²) in [5, 5.41) is 11.6. The Morgan fingerprint density at radius 3 is 2.17 bits per heavy atom. The van der Waals surface area contributed by atoms with Gasteiger partial charge in [-0.2, -0.15) is 0 Å². The van der Waals surface area contributed by atoms with Crippen molar-refractivity contribution in [1.82, 2.24) is 0 Å². The third kappa shape index (κ3) is 2.47. The molecule has 0 aliphatic rings. The number of phenols is 1. The van der Waals surface area contributed by atoms with Crippen molar-refractivity contribution < 1.29 is 14.6 Å². The van der Waals surface area contributed by atoms with Crippen LogP contribution in [0.5, 0.6) is 5.75 Å². The molecule has 0 aliphatic heterocycles. The minimum Gasteiger partial charge on any atom is -0.507 e. The summed E-state index contributed by atoms with van der Waals surface area (Å²) in [7, 11) is 0. The SMILES string of the molecule is CCOC(OCC)c1ccc(O)c2ccccc12. The van der Waals surface area contributed by atoms with Crippen LogP contribution in [0.25, 0.3) is 10.8 Å². The first-order valence-corrected chi connectivity index (χ1v) is 6.21. The summed E-state index contributed by atoms with van der Waals surface area (Å²) in [5.74, 6) is 0.279. The molecular formula is C15H18O3. The summed E-state index contributed by atoms with van der Waals surface area (Å²) >= 11 is 0. The molecule has 0 unspecified atom stereocenters. The number of fused-ring (bicyclic) bond motifs is 1. The monoisotopic (exact) mass is 246 g/mol. The first kappa shape index (κ1) is 12.9. The van der Waals surface area contributed by atoms with Crippen LogP contribution in [0.1, 0.15) is 25.7 Å². The van der Waals surface area contributed by atoms with Crippen LogP contribution in [0, 0.1) is 0 Å². The molecule has 2 aromatic rings. The minimum atomic E-state index is -0.384. The van der Waals surface area contributed by atoms with E-state index in [2.05, 4.69) is 0 Å². The predicted molar refractivity (Wildman–Crippen MR) is 71.6 cm³/mol. The molecule has 3 heteroatoms. The molecule has 0 bridgehead atoms. The maximum atomic E-state index is 9.86. The Balaban J connectivity index is 2.52. The second-order valence-electron chi connectivity index (χ2n) is 3.96. The molecule has 0 fully saturated rings. The average Bonchev–Trinajstić information content (AvgIpc) is 2.39. The first-order valence-electron chi connectivity index (χ1n) is 6.21. The molecule has 0 atom stereocenters. The van der Waals surface area contributed by atoms with Crippen LogP contribution in [-0.2, 0) is 9.47 Å². The fraction of sp³-hybridized carbons (Fsp3) is 0.333. The van der Waals surface area contributed by atoms with Gasteiger partial charge in [0.15, 0.2) is 6.29 Å². The lowest BCUT2D eigenvalue weighted by atomic mass is 10.0. The van der Waals surface area contributed by atoms with E-state index in [0.29, 0.717) is 13.2 Å². The quantitative estimate of drug-likeness (QED) is 0.819. The number of benzene rings is 2. The lowest BCUT2D eigenvalue weighted by Crippen LogP contribution is -2.09. The lowest BCUT2D eigenvalue weighted by molar-refractivity contribution is -0.139. The van der Waals surface area contributed by atoms with Gasteiger partial charge in [-0.05, 0) is 31.4 Å². The van der Waals surface area contributed by atoms with Crippen LogP contribution < -0.4 is 0 Å². The lowest BCUT2D eigenvalue weighted by Gasteiger charge is -2.19. The molecule has 0 amide bonds. The Morgan fingerprint density at radius 2 is 1.56 bits per heavy atom. The molecule has 0 heterocycles. The summed E-state index contributed by atoms with van der Waals surface area (Å²) in [6.07, 6.45) is -0.384. The normalized spacial score (nSPS) is 11.3. The summed E-state index contributed by atoms with van der Waals surface area (Å²) in [4.78, 5) is 0. The number of aromatic hydroxyl groups is 1. The van der Waals surface area contributed by atoms with E-state index in [1.807, 2.05) is 44.2 Å². The Hall–Kier alpha value is -1.58. The standard InChI is InChI=1S/C15H18O3/c1-3-17-15(18-4-2)13-9-10-14(16)12-8-6-5-7-11(12)13/h5-10,15-16H,3-4H2,1-2H3. The zero-order valence-corrected chi connectivity index (χ0v) is 10.7. The highest BCUT2D eigenvalue weighted by atomic mass is 16.7. The number of ether oxygens (including phenoxy) is 2. The first-order chi connectivity index (χ1) is 8.77. The van der Waals surface area contributed by atoms with Gasteiger partial charge in [-0.1, -0.05) is 24.3 Å². The van der Waals surface area contributed by atoms with Crippen molar-refractivity contribution in [3.63, 3.8) is 0 Å². The fourth-order valence-electron chi connectivity index (χ4n) is 2.04. The molecule has 0 spiro atoms. The van der Waals surface area contributed by atoms with Crippen molar-refractivity contribution in [3.8, 4) is 5.75 Å². The van der Waals surface area contributed by atoms with E-state index < -0.39 is 0 Å². The van der Waals surface area contributed by atoms with E-state index in [-0.39, 0.29) is 12.0 Å². The molecule has 0 radical (unpaired) electrons. The number of rotatable bonds is 5. The Kier molecular flexibility index (Phi) is 4.18. The van der Waals surface area contributed by atoms with E-state index in [0.717, 1.165) is 16.3 Å². The highest BCUT2D eigenvalue weighted by Gasteiger charge is 2.15. The van der Waals surface area contributed by atoms with E-state index in [1.54, 1.807) is 6.07 Å². The highest BCUT2D eigenvalue weighted by Crippen LogP contribution is 2.32. The van der Waals surface area contributed by atoms with Crippen LogP contribution in [0.15, 0.2) is 36.4 Å². The fourth-order valence-corrected chi connectivity index (χ4v) is 2.04. The maximum absolute atomic E-state index is 9.86. The Labute approximate surface area is 107 Å². The van der Waals surface area contributed by atoms with Crippen molar-refractivity contribution in [2.24, 2.45) is 0 Å². The topological polar surface area (TPSA) is 38.7 Å². The minimum absolute atomic E-state index is 0.279. The van der Waals surface area contributed by atoms with Gasteiger partial charge in [0, 0.05) is 24.2 Å². The van der Waals surface area contributed by atoms with Gasteiger partial charge in [-0.15, -0.1) is 0 Å². The van der Waals surface area contributed by atoms with Gasteiger partial charge in [0.25, 0.3) is 0 Å². The Morgan fingerprint density at radius 1 is 0.944 bits per heavy atom. The van der Waals surface area contributed by atoms with Crippen LogP contribution in [-0.4, -0.2) is 18.3 Å². The molecule has 18 heavy (non-hydrogen) atoms. The van der Waals surface area contributed by atoms with Crippen LogP contribution in [0.4, 0.5) is 0 Å². The molecule has 2 rings (SSSR count). The molecule has 1 N–H and O–H groups in total. The highest BCUT2D eigenvalue weighted by molar-refractivity contribution is 5.90. The van der Waals surface area contributed by atoms with Crippen molar-refractivity contribution in [2.45, 2.75) is 20.1 Å². The van der Waals surface area contributed by atoms with Gasteiger partial charge in [0.1, 0.15) is 5.75 Å². The molecule has 0 aliphatic carbocycles. The van der Waals surface area contributed by atoms with Crippen LogP contribution in [0.3, 0.4) is 0 Å². The van der Waals surface area contributed by atoms with Crippen LogP contribution >= 0.6 is 0 Å². The van der Waals surface area contributed by atoms with Gasteiger partial charge < -0.3 is 14.6 Å². The van der Waals surface area contributed by atoms with E-state index in [9.17, 15) is 5.11 Å². The van der Waals surface area contributed by atoms with Gasteiger partial charge in [-0.3, -0.25) is 0 Å². The summed E-state index contributed by atoms with van der Waals surface area (Å²) < 4.78 is 11.2. The van der Waals surface area contributed by atoms with Crippen molar-refractivity contribution in [1.29, 1.82) is 0 Å². The van der Waals surface area contributed by atoms with Gasteiger partial charge >= 0.3 is 0 Å². The van der Waals surface area contributed by atoms with Gasteiger partial charge in [-0.25, -0.2) is 0 Å². The number of phenolic OH excluding ortho intramolecular Hbond substituents is 1. The molecule has 0 saturated carbocycles. The second kappa shape index (κ2) is 5.85. The maximum Gasteiger partial charge on any atom is 0.184 e. The summed E-state index contributed by atoms with van der Waals surface area (Å²) in [5.41, 5.74) is 0.951. The zero-order chi connectivity index (χ0) is 13.0. The molecule has 0 aromatic heterocycles. The summed E-state index contributed by atoms with van der Waals surface area (Å²) in [6, 6.07) is 11.2. The average molecular weight is 246 g/mol. The van der Waals surface area contributed by atoms with E-state index in [4.69, 9.17) is 9.47 Å².